The van der Waals surface area contributed by atoms with Gasteiger partial charge in [0.05, 0.1) is 15.9 Å². The van der Waals surface area contributed by atoms with Gasteiger partial charge in [-0.2, -0.15) is 10.1 Å². The summed E-state index contributed by atoms with van der Waals surface area (Å²) < 4.78 is 49.9. The summed E-state index contributed by atoms with van der Waals surface area (Å²) >= 11 is 0. The Labute approximate surface area is 221 Å². The lowest BCUT2D eigenvalue weighted by Crippen LogP contribution is -2.53. The van der Waals surface area contributed by atoms with E-state index in [9.17, 15) is 13.2 Å². The second-order valence-electron chi connectivity index (χ2n) is 10.1. The average Bonchev–Trinajstić information content (AvgIpc) is 3.32. The van der Waals surface area contributed by atoms with E-state index in [2.05, 4.69) is 20.7 Å². The van der Waals surface area contributed by atoms with E-state index in [1.54, 1.807) is 19.2 Å². The Morgan fingerprint density at radius 3 is 2.61 bits per heavy atom. The van der Waals surface area contributed by atoms with Crippen LogP contribution >= 0.6 is 0 Å². The molecule has 202 valence electrons. The molecule has 2 aliphatic heterocycles. The van der Waals surface area contributed by atoms with Gasteiger partial charge >= 0.3 is 0 Å². The highest BCUT2D eigenvalue weighted by Crippen LogP contribution is 2.38. The smallest absolute Gasteiger partial charge is 0.237 e. The molecule has 9 nitrogen and oxygen atoms in total. The molecule has 0 spiro atoms. The lowest BCUT2D eigenvalue weighted by Gasteiger charge is -2.37. The van der Waals surface area contributed by atoms with Crippen molar-refractivity contribution in [2.75, 3.05) is 25.1 Å². The van der Waals surface area contributed by atoms with E-state index in [1.807, 2.05) is 37.3 Å². The number of halogens is 1. The number of aromatic nitrogens is 3. The number of carbonyl (C=O) groups excluding carboxylic acids is 1. The Balaban J connectivity index is 1.42. The number of hydrogen-bond donors (Lipinski definition) is 2. The van der Waals surface area contributed by atoms with Gasteiger partial charge in [-0.1, -0.05) is 42.5 Å². The maximum Gasteiger partial charge on any atom is 0.237 e. The van der Waals surface area contributed by atoms with Crippen molar-refractivity contribution in [3.05, 3.63) is 77.4 Å². The van der Waals surface area contributed by atoms with Crippen LogP contribution in [0.2, 0.25) is 0 Å². The largest absolute Gasteiger partial charge is 0.381 e. The predicted octanol–water partition coefficient (Wildman–Crippen LogP) is 2.70. The lowest BCUT2D eigenvalue weighted by molar-refractivity contribution is -0.125. The monoisotopic (exact) mass is 541 g/mol. The third-order valence-electron chi connectivity index (χ3n) is 7.92. The summed E-state index contributed by atoms with van der Waals surface area (Å²) in [5.74, 6) is -0.526. The number of nitrogens with zero attached hydrogens (tertiary/aromatic N) is 3. The topological polar surface area (TPSA) is 115 Å². The maximum atomic E-state index is 15.6. The molecule has 11 heteroatoms. The molecule has 3 atom stereocenters. The molecular weight excluding hydrogens is 509 g/mol. The normalized spacial score (nSPS) is 24.6. The molecular formula is C27H32FN5O4S. The van der Waals surface area contributed by atoms with Gasteiger partial charge in [0.1, 0.15) is 12.1 Å². The number of aryl methyl sites for hydroxylation is 1. The predicted molar refractivity (Wildman–Crippen MR) is 141 cm³/mol. The highest BCUT2D eigenvalue weighted by molar-refractivity contribution is 7.92. The van der Waals surface area contributed by atoms with Crippen LogP contribution in [0.1, 0.15) is 41.7 Å². The Hall–Kier alpha value is -3.15. The third-order valence-corrected chi connectivity index (χ3v) is 10.6. The summed E-state index contributed by atoms with van der Waals surface area (Å²) in [4.78, 5) is 17.6. The number of amides is 1. The summed E-state index contributed by atoms with van der Waals surface area (Å²) in [6.07, 6.45) is 2.14. The zero-order chi connectivity index (χ0) is 26.9. The van der Waals surface area contributed by atoms with E-state index < -0.39 is 31.6 Å². The van der Waals surface area contributed by atoms with Gasteiger partial charge in [-0.3, -0.25) is 10.1 Å². The second-order valence-corrected chi connectivity index (χ2v) is 12.4. The minimum absolute atomic E-state index is 0.0349. The van der Waals surface area contributed by atoms with E-state index in [1.165, 1.54) is 17.1 Å². The fourth-order valence-electron chi connectivity index (χ4n) is 5.53. The van der Waals surface area contributed by atoms with E-state index in [0.717, 1.165) is 5.56 Å². The Morgan fingerprint density at radius 2 is 1.95 bits per heavy atom. The Morgan fingerprint density at radius 1 is 1.21 bits per heavy atom. The molecule has 2 N–H and O–H groups in total. The van der Waals surface area contributed by atoms with Crippen LogP contribution in [0, 0.1) is 5.82 Å². The molecule has 38 heavy (non-hydrogen) atoms. The number of ether oxygens (including phenoxy) is 1. The fourth-order valence-corrected chi connectivity index (χ4v) is 7.89. The van der Waals surface area contributed by atoms with Crippen LogP contribution in [0.5, 0.6) is 0 Å². The quantitative estimate of drug-likeness (QED) is 0.493. The Kier molecular flexibility index (Phi) is 7.34. The number of benzene rings is 2. The minimum atomic E-state index is -3.60. The first-order valence-electron chi connectivity index (χ1n) is 12.8. The summed E-state index contributed by atoms with van der Waals surface area (Å²) in [7, 11) is -1.92. The van der Waals surface area contributed by atoms with Crippen LogP contribution < -0.4 is 10.6 Å². The molecule has 3 aromatic rings. The van der Waals surface area contributed by atoms with Crippen LogP contribution in [-0.4, -0.2) is 60.1 Å². The van der Waals surface area contributed by atoms with Gasteiger partial charge in [-0.25, -0.2) is 17.5 Å². The summed E-state index contributed by atoms with van der Waals surface area (Å²) in [5.41, 5.74) is 0.554. The molecule has 3 heterocycles. The lowest BCUT2D eigenvalue weighted by atomic mass is 9.73. The maximum absolute atomic E-state index is 15.6. The van der Waals surface area contributed by atoms with Crippen LogP contribution in [-0.2, 0) is 38.3 Å². The number of rotatable bonds is 6. The van der Waals surface area contributed by atoms with Gasteiger partial charge in [0.2, 0.25) is 11.9 Å². The molecule has 2 saturated heterocycles. The molecule has 0 bridgehead atoms. The van der Waals surface area contributed by atoms with Crippen LogP contribution in [0.3, 0.4) is 0 Å². The van der Waals surface area contributed by atoms with Crippen molar-refractivity contribution in [3.63, 3.8) is 0 Å². The first kappa shape index (κ1) is 26.5. The van der Waals surface area contributed by atoms with Crippen LogP contribution in [0.4, 0.5) is 10.3 Å². The van der Waals surface area contributed by atoms with E-state index in [-0.39, 0.29) is 18.4 Å². The number of hydrogen-bond acceptors (Lipinski definition) is 7. The number of nitrogens with one attached hydrogen (secondary N) is 2. The van der Waals surface area contributed by atoms with Crippen molar-refractivity contribution in [2.45, 2.75) is 48.1 Å². The van der Waals surface area contributed by atoms with Crippen molar-refractivity contribution in [1.29, 1.82) is 0 Å². The molecule has 1 unspecified atom stereocenters. The molecule has 2 aromatic carbocycles. The highest BCUT2D eigenvalue weighted by atomic mass is 32.2. The highest BCUT2D eigenvalue weighted by Gasteiger charge is 2.44. The fraction of sp³-hybridized carbons (Fsp3) is 0.444. The summed E-state index contributed by atoms with van der Waals surface area (Å²) in [5, 5.41) is 8.62. The first-order valence-corrected chi connectivity index (χ1v) is 14.4. The molecule has 0 radical (unpaired) electrons. The van der Waals surface area contributed by atoms with E-state index >= 15 is 4.39 Å². The molecule has 0 saturated carbocycles. The standard InChI is InChI=1S/C27H32FN5O4S/c1-18-23(38(35,36)24(16-29-18)19-6-4-3-5-7-19)14-20-8-9-21(15-22(20)28)27(10-12-37-13-11-27)25(34)32-26-30-17-31-33(26)2/h3-9,15,17-18,23-24,29H,10-14,16H2,1-2H3,(H,30,31,32,34)/t18-,23?,24-/m0/s1. The third kappa shape index (κ3) is 4.85. The number of carbonyl (C=O) groups is 1. The first-order chi connectivity index (χ1) is 18.2. The van der Waals surface area contributed by atoms with Gasteiger partial charge in [0.15, 0.2) is 9.84 Å². The zero-order valence-corrected chi connectivity index (χ0v) is 22.2. The minimum Gasteiger partial charge on any atom is -0.381 e. The van der Waals surface area contributed by atoms with Crippen molar-refractivity contribution in [1.82, 2.24) is 20.1 Å². The SMILES string of the molecule is C[C@@H]1NC[C@@H](c2ccccc2)S(=O)(=O)C1Cc1ccc(C2(C(=O)Nc3ncnn3C)CCOCC2)cc1F. The van der Waals surface area contributed by atoms with Gasteiger partial charge in [0, 0.05) is 32.8 Å². The van der Waals surface area contributed by atoms with Crippen molar-refractivity contribution in [3.8, 4) is 0 Å². The van der Waals surface area contributed by atoms with Crippen LogP contribution in [0.25, 0.3) is 0 Å². The van der Waals surface area contributed by atoms with Crippen LogP contribution in [0.15, 0.2) is 54.9 Å². The van der Waals surface area contributed by atoms with Crippen molar-refractivity contribution >= 4 is 21.7 Å². The second kappa shape index (κ2) is 10.5. The van der Waals surface area contributed by atoms with E-state index in [0.29, 0.717) is 49.7 Å². The average molecular weight is 542 g/mol. The van der Waals surface area contributed by atoms with Crippen molar-refractivity contribution < 1.29 is 22.3 Å². The molecule has 2 aliphatic rings. The molecule has 0 aliphatic carbocycles. The van der Waals surface area contributed by atoms with Gasteiger partial charge in [-0.15, -0.1) is 0 Å². The van der Waals surface area contributed by atoms with Gasteiger partial charge in [0.25, 0.3) is 0 Å². The summed E-state index contributed by atoms with van der Waals surface area (Å²) in [6, 6.07) is 13.5. The molecule has 2 fully saturated rings. The number of anilines is 1. The van der Waals surface area contributed by atoms with E-state index in [4.69, 9.17) is 4.74 Å². The van der Waals surface area contributed by atoms with Gasteiger partial charge < -0.3 is 10.1 Å². The van der Waals surface area contributed by atoms with Gasteiger partial charge in [-0.05, 0) is 48.9 Å². The molecule has 1 aromatic heterocycles. The zero-order valence-electron chi connectivity index (χ0n) is 21.4. The molecule has 5 rings (SSSR count). The van der Waals surface area contributed by atoms with Crippen molar-refractivity contribution in [2.24, 2.45) is 7.05 Å². The number of sulfone groups is 1. The Bertz CT molecular complexity index is 1410. The summed E-state index contributed by atoms with van der Waals surface area (Å²) in [6.45, 7) is 2.86. The molecule has 1 amide bonds.